The van der Waals surface area contributed by atoms with Gasteiger partial charge in [0.05, 0.1) is 6.33 Å². The van der Waals surface area contributed by atoms with Crippen LogP contribution in [-0.2, 0) is 11.2 Å². The lowest BCUT2D eigenvalue weighted by molar-refractivity contribution is -0.121. The first-order valence-electron chi connectivity index (χ1n) is 8.62. The van der Waals surface area contributed by atoms with E-state index >= 15 is 0 Å². The van der Waals surface area contributed by atoms with E-state index in [1.165, 1.54) is 0 Å². The number of nitrogens with zero attached hydrogens (tertiary/aromatic N) is 2. The number of aromatic amines is 1. The summed E-state index contributed by atoms with van der Waals surface area (Å²) in [6.07, 6.45) is 7.03. The number of aryl methyl sites for hydroxylation is 1. The van der Waals surface area contributed by atoms with Gasteiger partial charge in [0.15, 0.2) is 0 Å². The molecule has 0 aliphatic rings. The van der Waals surface area contributed by atoms with Crippen molar-refractivity contribution in [1.29, 1.82) is 0 Å². The molecule has 3 rings (SSSR count). The molecule has 6 heteroatoms. The highest BCUT2D eigenvalue weighted by molar-refractivity contribution is 6.30. The summed E-state index contributed by atoms with van der Waals surface area (Å²) in [6.45, 7) is 0.589. The third-order valence-corrected chi connectivity index (χ3v) is 4.50. The van der Waals surface area contributed by atoms with Crippen molar-refractivity contribution in [3.8, 4) is 0 Å². The molecule has 0 saturated carbocycles. The van der Waals surface area contributed by atoms with Crippen LogP contribution in [0.2, 0.25) is 5.02 Å². The smallest absolute Gasteiger partial charge is 0.220 e. The summed E-state index contributed by atoms with van der Waals surface area (Å²) in [5, 5.41) is 3.71. The Labute approximate surface area is 157 Å². The molecule has 0 fully saturated rings. The molecule has 2 N–H and O–H groups in total. The maximum Gasteiger partial charge on any atom is 0.220 e. The van der Waals surface area contributed by atoms with E-state index in [-0.39, 0.29) is 11.8 Å². The first-order chi connectivity index (χ1) is 12.7. The first-order valence-corrected chi connectivity index (χ1v) is 9.00. The maximum absolute atomic E-state index is 12.1. The molecular formula is C20H21ClN4O. The van der Waals surface area contributed by atoms with Gasteiger partial charge in [-0.2, -0.15) is 0 Å². The van der Waals surface area contributed by atoms with Crippen molar-refractivity contribution < 1.29 is 4.79 Å². The molecule has 0 spiro atoms. The lowest BCUT2D eigenvalue weighted by Crippen LogP contribution is -2.26. The Morgan fingerprint density at radius 1 is 1.19 bits per heavy atom. The van der Waals surface area contributed by atoms with Crippen molar-refractivity contribution in [1.82, 2.24) is 20.3 Å². The summed E-state index contributed by atoms with van der Waals surface area (Å²) in [6, 6.07) is 13.7. The number of hydrogen-bond acceptors (Lipinski definition) is 3. The number of rotatable bonds is 8. The van der Waals surface area contributed by atoms with Crippen molar-refractivity contribution in [3.63, 3.8) is 0 Å². The van der Waals surface area contributed by atoms with Crippen LogP contribution in [0.1, 0.15) is 35.7 Å². The third-order valence-electron chi connectivity index (χ3n) is 4.25. The number of benzene rings is 1. The van der Waals surface area contributed by atoms with Crippen LogP contribution in [0.15, 0.2) is 61.2 Å². The molecule has 26 heavy (non-hydrogen) atoms. The second-order valence-electron chi connectivity index (χ2n) is 6.07. The molecule has 1 atom stereocenters. The average molecular weight is 369 g/mol. The number of carbonyl (C=O) groups excluding carboxylic acids is 1. The number of halogens is 1. The van der Waals surface area contributed by atoms with Crippen LogP contribution < -0.4 is 5.32 Å². The molecule has 5 nitrogen and oxygen atoms in total. The standard InChI is InChI=1S/C20H21ClN4O/c21-16-6-4-15(5-7-16)18(19-3-1-2-11-23-19)10-12-24-20(26)9-8-17-13-22-14-25-17/h1-7,11,13-14,18H,8-10,12H2,(H,22,25)(H,24,26). The summed E-state index contributed by atoms with van der Waals surface area (Å²) in [5.41, 5.74) is 3.09. The van der Waals surface area contributed by atoms with Crippen molar-refractivity contribution >= 4 is 17.5 Å². The van der Waals surface area contributed by atoms with E-state index in [4.69, 9.17) is 11.6 Å². The predicted molar refractivity (Wildman–Crippen MR) is 102 cm³/mol. The second-order valence-corrected chi connectivity index (χ2v) is 6.51. The zero-order valence-electron chi connectivity index (χ0n) is 14.4. The van der Waals surface area contributed by atoms with Gasteiger partial charge in [0.1, 0.15) is 0 Å². The number of hydrogen-bond donors (Lipinski definition) is 2. The van der Waals surface area contributed by atoms with Crippen molar-refractivity contribution in [2.24, 2.45) is 0 Å². The summed E-state index contributed by atoms with van der Waals surface area (Å²) in [5.74, 6) is 0.150. The van der Waals surface area contributed by atoms with Gasteiger partial charge in [-0.05, 0) is 42.7 Å². The number of carbonyl (C=O) groups is 1. The molecule has 3 aromatic rings. The van der Waals surface area contributed by atoms with Gasteiger partial charge in [-0.3, -0.25) is 9.78 Å². The summed E-state index contributed by atoms with van der Waals surface area (Å²) >= 11 is 6.01. The normalized spacial score (nSPS) is 11.9. The Kier molecular flexibility index (Phi) is 6.39. The van der Waals surface area contributed by atoms with Gasteiger partial charge in [0, 0.05) is 47.7 Å². The van der Waals surface area contributed by atoms with Crippen LogP contribution in [-0.4, -0.2) is 27.4 Å². The highest BCUT2D eigenvalue weighted by atomic mass is 35.5. The van der Waals surface area contributed by atoms with Crippen molar-refractivity contribution in [3.05, 3.63) is 83.2 Å². The highest BCUT2D eigenvalue weighted by Gasteiger charge is 2.15. The minimum atomic E-state index is 0.0375. The van der Waals surface area contributed by atoms with Crippen LogP contribution >= 0.6 is 11.6 Å². The molecule has 0 bridgehead atoms. The molecule has 0 aliphatic carbocycles. The Bertz CT molecular complexity index is 804. The summed E-state index contributed by atoms with van der Waals surface area (Å²) in [4.78, 5) is 23.5. The van der Waals surface area contributed by atoms with E-state index < -0.39 is 0 Å². The SMILES string of the molecule is O=C(CCc1cnc[nH]1)NCCC(c1ccc(Cl)cc1)c1ccccn1. The Morgan fingerprint density at radius 3 is 2.73 bits per heavy atom. The number of imidazole rings is 1. The molecule has 1 amide bonds. The van der Waals surface area contributed by atoms with Gasteiger partial charge in [-0.15, -0.1) is 0 Å². The molecular weight excluding hydrogens is 348 g/mol. The van der Waals surface area contributed by atoms with E-state index in [1.807, 2.05) is 42.5 Å². The highest BCUT2D eigenvalue weighted by Crippen LogP contribution is 2.27. The number of pyridine rings is 1. The fourth-order valence-corrected chi connectivity index (χ4v) is 3.00. The zero-order valence-corrected chi connectivity index (χ0v) is 15.1. The minimum Gasteiger partial charge on any atom is -0.356 e. The quantitative estimate of drug-likeness (QED) is 0.636. The van der Waals surface area contributed by atoms with Gasteiger partial charge < -0.3 is 10.3 Å². The predicted octanol–water partition coefficient (Wildman–Crippen LogP) is 3.73. The van der Waals surface area contributed by atoms with E-state index in [1.54, 1.807) is 18.7 Å². The molecule has 0 radical (unpaired) electrons. The molecule has 1 aromatic carbocycles. The first kappa shape index (κ1) is 18.1. The van der Waals surface area contributed by atoms with Crippen molar-refractivity contribution in [2.75, 3.05) is 6.54 Å². The maximum atomic E-state index is 12.1. The van der Waals surface area contributed by atoms with Gasteiger partial charge in [-0.1, -0.05) is 29.8 Å². The fourth-order valence-electron chi connectivity index (χ4n) is 2.88. The van der Waals surface area contributed by atoms with Gasteiger partial charge in [0.25, 0.3) is 0 Å². The third kappa shape index (κ3) is 5.17. The van der Waals surface area contributed by atoms with Crippen LogP contribution in [0.25, 0.3) is 0 Å². The average Bonchev–Trinajstić information content (AvgIpc) is 3.19. The molecule has 0 aliphatic heterocycles. The Morgan fingerprint density at radius 2 is 2.04 bits per heavy atom. The number of amides is 1. The van der Waals surface area contributed by atoms with Gasteiger partial charge in [-0.25, -0.2) is 4.98 Å². The number of nitrogens with one attached hydrogen (secondary N) is 2. The van der Waals surface area contributed by atoms with Crippen LogP contribution in [0.5, 0.6) is 0 Å². The van der Waals surface area contributed by atoms with Crippen molar-refractivity contribution in [2.45, 2.75) is 25.2 Å². The molecule has 0 saturated heterocycles. The summed E-state index contributed by atoms with van der Waals surface area (Å²) < 4.78 is 0. The largest absolute Gasteiger partial charge is 0.356 e. The van der Waals surface area contributed by atoms with E-state index in [9.17, 15) is 4.79 Å². The van der Waals surface area contributed by atoms with Gasteiger partial charge in [0.2, 0.25) is 5.91 Å². The monoisotopic (exact) mass is 368 g/mol. The van der Waals surface area contributed by atoms with Crippen LogP contribution in [0, 0.1) is 0 Å². The Hall–Kier alpha value is -2.66. The molecule has 1 unspecified atom stereocenters. The molecule has 2 aromatic heterocycles. The molecule has 2 heterocycles. The lowest BCUT2D eigenvalue weighted by Gasteiger charge is -2.17. The number of H-pyrrole nitrogens is 1. The van der Waals surface area contributed by atoms with Crippen LogP contribution in [0.3, 0.4) is 0 Å². The second kappa shape index (κ2) is 9.15. The van der Waals surface area contributed by atoms with E-state index in [0.29, 0.717) is 24.4 Å². The number of aromatic nitrogens is 3. The Balaban J connectivity index is 1.57. The minimum absolute atomic E-state index is 0.0375. The van der Waals surface area contributed by atoms with Gasteiger partial charge >= 0.3 is 0 Å². The zero-order chi connectivity index (χ0) is 18.2. The fraction of sp³-hybridized carbons (Fsp3) is 0.250. The van der Waals surface area contributed by atoms with Crippen LogP contribution in [0.4, 0.5) is 0 Å². The topological polar surface area (TPSA) is 70.7 Å². The lowest BCUT2D eigenvalue weighted by atomic mass is 9.92. The van der Waals surface area contributed by atoms with E-state index in [2.05, 4.69) is 20.3 Å². The molecule has 134 valence electrons. The van der Waals surface area contributed by atoms with E-state index in [0.717, 1.165) is 23.4 Å². The summed E-state index contributed by atoms with van der Waals surface area (Å²) in [7, 11) is 0.